The highest BCUT2D eigenvalue weighted by atomic mass is 32.1. The molecule has 0 aliphatic carbocycles. The second kappa shape index (κ2) is 8.12. The van der Waals surface area contributed by atoms with Crippen LogP contribution in [0.4, 0.5) is 0 Å². The van der Waals surface area contributed by atoms with Crippen LogP contribution < -0.4 is 10.6 Å². The summed E-state index contributed by atoms with van der Waals surface area (Å²) in [5.74, 6) is 0.814. The Bertz CT molecular complexity index is 864. The Morgan fingerprint density at radius 1 is 1.20 bits per heavy atom. The van der Waals surface area contributed by atoms with Crippen molar-refractivity contribution in [2.45, 2.75) is 32.9 Å². The van der Waals surface area contributed by atoms with E-state index in [4.69, 9.17) is 0 Å². The van der Waals surface area contributed by atoms with E-state index in [9.17, 15) is 0 Å². The predicted octanol–water partition coefficient (Wildman–Crippen LogP) is 3.90. The molecule has 0 fully saturated rings. The van der Waals surface area contributed by atoms with Gasteiger partial charge in [0, 0.05) is 47.4 Å². The van der Waals surface area contributed by atoms with Crippen LogP contribution in [0.5, 0.6) is 0 Å². The van der Waals surface area contributed by atoms with Gasteiger partial charge in [0.15, 0.2) is 5.96 Å². The Morgan fingerprint density at radius 3 is 2.80 bits per heavy atom. The monoisotopic (exact) mass is 352 g/mol. The van der Waals surface area contributed by atoms with Crippen LogP contribution in [0, 0.1) is 6.92 Å². The van der Waals surface area contributed by atoms with Gasteiger partial charge in [-0.25, -0.2) is 0 Å². The maximum atomic E-state index is 4.51. The standard InChI is InChI=1S/C20H24N4S/c1-14(12-18-10-9-15(2)25-18)24-20(21-3)23-13-17-7-4-6-16-8-5-11-22-19(16)17/h4-11,14H,12-13H2,1-3H3,(H2,21,23,24). The number of rotatable bonds is 5. The highest BCUT2D eigenvalue weighted by Crippen LogP contribution is 2.17. The van der Waals surface area contributed by atoms with Crippen molar-refractivity contribution < 1.29 is 0 Å². The molecule has 1 atom stereocenters. The van der Waals surface area contributed by atoms with Gasteiger partial charge in [-0.15, -0.1) is 11.3 Å². The lowest BCUT2D eigenvalue weighted by Gasteiger charge is -2.18. The van der Waals surface area contributed by atoms with Crippen molar-refractivity contribution in [1.29, 1.82) is 0 Å². The van der Waals surface area contributed by atoms with Crippen LogP contribution in [0.2, 0.25) is 0 Å². The van der Waals surface area contributed by atoms with E-state index >= 15 is 0 Å². The normalized spacial score (nSPS) is 13.0. The van der Waals surface area contributed by atoms with Crippen molar-refractivity contribution in [2.24, 2.45) is 4.99 Å². The number of hydrogen-bond acceptors (Lipinski definition) is 3. The molecule has 3 aromatic rings. The summed E-state index contributed by atoms with van der Waals surface area (Å²) in [6, 6.07) is 15.0. The third-order valence-electron chi connectivity index (χ3n) is 4.07. The van der Waals surface area contributed by atoms with Gasteiger partial charge in [-0.3, -0.25) is 9.98 Å². The van der Waals surface area contributed by atoms with Crippen LogP contribution in [0.1, 0.15) is 22.2 Å². The SMILES string of the molecule is CN=C(NCc1cccc2cccnc12)NC(C)Cc1ccc(C)s1. The summed E-state index contributed by atoms with van der Waals surface area (Å²) < 4.78 is 0. The fraction of sp³-hybridized carbons (Fsp3) is 0.300. The number of fused-ring (bicyclic) bond motifs is 1. The van der Waals surface area contributed by atoms with Gasteiger partial charge in [0.25, 0.3) is 0 Å². The molecule has 1 unspecified atom stereocenters. The first-order valence-electron chi connectivity index (χ1n) is 8.51. The van der Waals surface area contributed by atoms with Crippen molar-refractivity contribution in [1.82, 2.24) is 15.6 Å². The predicted molar refractivity (Wildman–Crippen MR) is 107 cm³/mol. The van der Waals surface area contributed by atoms with E-state index < -0.39 is 0 Å². The van der Waals surface area contributed by atoms with Crippen molar-refractivity contribution in [3.63, 3.8) is 0 Å². The summed E-state index contributed by atoms with van der Waals surface area (Å²) >= 11 is 1.85. The minimum atomic E-state index is 0.315. The number of guanidine groups is 1. The molecule has 0 saturated heterocycles. The van der Waals surface area contributed by atoms with Crippen LogP contribution in [-0.4, -0.2) is 24.0 Å². The van der Waals surface area contributed by atoms with Gasteiger partial charge >= 0.3 is 0 Å². The largest absolute Gasteiger partial charge is 0.354 e. The minimum Gasteiger partial charge on any atom is -0.354 e. The third kappa shape index (κ3) is 4.57. The zero-order chi connectivity index (χ0) is 17.6. The lowest BCUT2D eigenvalue weighted by molar-refractivity contribution is 0.645. The average molecular weight is 353 g/mol. The number of nitrogens with zero attached hydrogens (tertiary/aromatic N) is 2. The third-order valence-corrected chi connectivity index (χ3v) is 5.10. The van der Waals surface area contributed by atoms with Crippen LogP contribution in [-0.2, 0) is 13.0 Å². The van der Waals surface area contributed by atoms with Crippen molar-refractivity contribution >= 4 is 28.2 Å². The lowest BCUT2D eigenvalue weighted by atomic mass is 10.1. The summed E-state index contributed by atoms with van der Waals surface area (Å²) in [5.41, 5.74) is 2.21. The highest BCUT2D eigenvalue weighted by molar-refractivity contribution is 7.11. The number of aliphatic imine (C=N–C) groups is 1. The molecule has 2 N–H and O–H groups in total. The fourth-order valence-corrected chi connectivity index (χ4v) is 3.88. The van der Waals surface area contributed by atoms with Gasteiger partial charge < -0.3 is 10.6 Å². The molecular weight excluding hydrogens is 328 g/mol. The first kappa shape index (κ1) is 17.4. The number of aryl methyl sites for hydroxylation is 1. The van der Waals surface area contributed by atoms with E-state index in [1.807, 2.05) is 23.6 Å². The summed E-state index contributed by atoms with van der Waals surface area (Å²) in [4.78, 5) is 11.6. The molecule has 0 radical (unpaired) electrons. The number of aromatic nitrogens is 1. The second-order valence-corrected chi connectivity index (χ2v) is 7.55. The van der Waals surface area contributed by atoms with E-state index in [1.165, 1.54) is 15.3 Å². The van der Waals surface area contributed by atoms with Gasteiger partial charge in [-0.05, 0) is 37.6 Å². The van der Waals surface area contributed by atoms with Crippen molar-refractivity contribution in [3.05, 3.63) is 64.0 Å². The zero-order valence-corrected chi connectivity index (χ0v) is 15.7. The number of thiophene rings is 1. The Kier molecular flexibility index (Phi) is 5.66. The Balaban J connectivity index is 1.60. The van der Waals surface area contributed by atoms with E-state index in [-0.39, 0.29) is 0 Å². The molecule has 5 heteroatoms. The number of pyridine rings is 1. The fourth-order valence-electron chi connectivity index (χ4n) is 2.86. The maximum Gasteiger partial charge on any atom is 0.191 e. The van der Waals surface area contributed by atoms with Crippen LogP contribution >= 0.6 is 11.3 Å². The molecule has 0 spiro atoms. The van der Waals surface area contributed by atoms with Crippen molar-refractivity contribution in [2.75, 3.05) is 7.05 Å². The van der Waals surface area contributed by atoms with Gasteiger partial charge in [-0.2, -0.15) is 0 Å². The molecule has 0 aliphatic rings. The Labute approximate surface area is 153 Å². The molecule has 4 nitrogen and oxygen atoms in total. The molecule has 1 aromatic carbocycles. The molecule has 130 valence electrons. The van der Waals surface area contributed by atoms with E-state index in [1.54, 1.807) is 7.05 Å². The quantitative estimate of drug-likeness (QED) is 0.541. The van der Waals surface area contributed by atoms with Crippen molar-refractivity contribution in [3.8, 4) is 0 Å². The second-order valence-electron chi connectivity index (χ2n) is 6.18. The molecule has 0 saturated carbocycles. The first-order valence-corrected chi connectivity index (χ1v) is 9.32. The molecule has 25 heavy (non-hydrogen) atoms. The minimum absolute atomic E-state index is 0.315. The molecule has 3 rings (SSSR count). The van der Waals surface area contributed by atoms with Gasteiger partial charge in [0.05, 0.1) is 5.52 Å². The van der Waals surface area contributed by atoms with Crippen LogP contribution in [0.15, 0.2) is 53.7 Å². The average Bonchev–Trinajstić information content (AvgIpc) is 3.03. The number of hydrogen-bond donors (Lipinski definition) is 2. The summed E-state index contributed by atoms with van der Waals surface area (Å²) in [5, 5.41) is 8.03. The molecule has 0 aliphatic heterocycles. The van der Waals surface area contributed by atoms with Gasteiger partial charge in [0.2, 0.25) is 0 Å². The molecule has 2 aromatic heterocycles. The van der Waals surface area contributed by atoms with Gasteiger partial charge in [-0.1, -0.05) is 24.3 Å². The van der Waals surface area contributed by atoms with E-state index in [2.05, 4.69) is 70.9 Å². The van der Waals surface area contributed by atoms with E-state index in [0.29, 0.717) is 12.6 Å². The molecule has 0 amide bonds. The smallest absolute Gasteiger partial charge is 0.191 e. The molecule has 0 bridgehead atoms. The number of para-hydroxylation sites is 1. The summed E-state index contributed by atoms with van der Waals surface area (Å²) in [7, 11) is 1.80. The Morgan fingerprint density at radius 2 is 2.04 bits per heavy atom. The number of benzene rings is 1. The molecule has 2 heterocycles. The topological polar surface area (TPSA) is 49.3 Å². The summed E-state index contributed by atoms with van der Waals surface area (Å²) in [6.45, 7) is 5.02. The van der Waals surface area contributed by atoms with Crippen LogP contribution in [0.3, 0.4) is 0 Å². The van der Waals surface area contributed by atoms with Gasteiger partial charge in [0.1, 0.15) is 0 Å². The first-order chi connectivity index (χ1) is 12.2. The summed E-state index contributed by atoms with van der Waals surface area (Å²) in [6.07, 6.45) is 2.83. The maximum absolute atomic E-state index is 4.51. The lowest BCUT2D eigenvalue weighted by Crippen LogP contribution is -2.42. The Hall–Kier alpha value is -2.40. The van der Waals surface area contributed by atoms with E-state index in [0.717, 1.165) is 23.3 Å². The van der Waals surface area contributed by atoms with Crippen LogP contribution in [0.25, 0.3) is 10.9 Å². The zero-order valence-electron chi connectivity index (χ0n) is 14.9. The number of nitrogens with one attached hydrogen (secondary N) is 2. The molecular formula is C20H24N4S. The highest BCUT2D eigenvalue weighted by Gasteiger charge is 2.09.